The maximum absolute atomic E-state index is 11.4. The number of Topliss-reactive ketones (excluding diaryl/α,β-unsaturated/α-hetero) is 1. The number of benzene rings is 6. The van der Waals surface area contributed by atoms with Gasteiger partial charge in [0.15, 0.2) is 5.78 Å². The Morgan fingerprint density at radius 1 is 0.724 bits per heavy atom. The molecule has 58 heavy (non-hydrogen) atoms. The number of nitrogens with zero attached hydrogens (tertiary/aromatic N) is 1. The molecule has 0 aliphatic rings. The summed E-state index contributed by atoms with van der Waals surface area (Å²) in [6.07, 6.45) is 1.35. The van der Waals surface area contributed by atoms with E-state index in [0.29, 0.717) is 36.5 Å². The van der Waals surface area contributed by atoms with E-state index in [0.717, 1.165) is 55.0 Å². The third kappa shape index (κ3) is 16.2. The number of rotatable bonds is 10. The molecular formula is C44H37BrCl2MgN2O5S3. The van der Waals surface area contributed by atoms with Gasteiger partial charge < -0.3 is 5.73 Å². The van der Waals surface area contributed by atoms with Crippen LogP contribution in [0.2, 0.25) is 10.0 Å². The number of nitrogens with two attached hydrogens (primary N) is 1. The molecule has 0 saturated carbocycles. The van der Waals surface area contributed by atoms with Crippen molar-refractivity contribution >= 4 is 101 Å². The number of carbonyl (C=O) groups is 1. The fourth-order valence-corrected chi connectivity index (χ4v) is 6.89. The second-order valence-electron chi connectivity index (χ2n) is 12.2. The number of thiocarbonyl (C=S) groups is 1. The van der Waals surface area contributed by atoms with Crippen LogP contribution in [0.15, 0.2) is 163 Å². The monoisotopic (exact) mass is 942 g/mol. The Morgan fingerprint density at radius 2 is 1.14 bits per heavy atom. The number of carbonyl (C=O) groups excluding carboxylic acids is 1. The fraction of sp³-hybridized carbons (Fsp3) is 0.0682. The van der Waals surface area contributed by atoms with Crippen molar-refractivity contribution < 1.29 is 23.1 Å². The van der Waals surface area contributed by atoms with Crippen LogP contribution in [0.4, 0.5) is 0 Å². The number of hydrogen-bond donors (Lipinski definition) is 3. The summed E-state index contributed by atoms with van der Waals surface area (Å²) in [5, 5.41) is 12.5. The van der Waals surface area contributed by atoms with Crippen molar-refractivity contribution in [3.8, 4) is 33.5 Å². The molecule has 7 rings (SSSR count). The molecule has 7 nitrogen and oxygen atoms in total. The predicted molar refractivity (Wildman–Crippen MR) is 249 cm³/mol. The van der Waals surface area contributed by atoms with Crippen molar-refractivity contribution in [3.05, 3.63) is 195 Å². The van der Waals surface area contributed by atoms with Gasteiger partial charge >= 0.3 is 45.5 Å². The molecule has 0 bridgehead atoms. The predicted octanol–water partition coefficient (Wildman–Crippen LogP) is 12.1. The molecule has 0 spiro atoms. The van der Waals surface area contributed by atoms with Gasteiger partial charge in [-0.25, -0.2) is 4.98 Å². The van der Waals surface area contributed by atoms with Crippen LogP contribution in [-0.2, 0) is 24.5 Å². The molecule has 1 unspecified atom stereocenters. The van der Waals surface area contributed by atoms with Gasteiger partial charge in [0.2, 0.25) is 0 Å². The Labute approximate surface area is 377 Å². The summed E-state index contributed by atoms with van der Waals surface area (Å²) in [7, 11) is -3.33. The summed E-state index contributed by atoms with van der Waals surface area (Å²) in [5.41, 5.74) is 15.1. The van der Waals surface area contributed by atoms with Crippen LogP contribution in [0.5, 0.6) is 0 Å². The average molecular weight is 945 g/mol. The van der Waals surface area contributed by atoms with Gasteiger partial charge in [0.05, 0.1) is 21.0 Å². The molecule has 0 amide bonds. The van der Waals surface area contributed by atoms with Crippen LogP contribution in [0.1, 0.15) is 26.5 Å². The topological polar surface area (TPSA) is 123 Å². The molecule has 0 fully saturated rings. The molecule has 4 N–H and O–H groups in total. The summed E-state index contributed by atoms with van der Waals surface area (Å²) in [6.45, 7) is 0. The third-order valence-corrected chi connectivity index (χ3v) is 10.8. The van der Waals surface area contributed by atoms with Crippen LogP contribution in [-0.4, -0.2) is 54.9 Å². The van der Waals surface area contributed by atoms with E-state index in [2.05, 4.69) is 92.4 Å². The molecule has 1 atom stereocenters. The first-order valence-corrected chi connectivity index (χ1v) is 23.9. The number of hydrogen-bond acceptors (Lipinski definition) is 7. The molecular weight excluding hydrogens is 908 g/mol. The molecule has 1 heterocycles. The summed E-state index contributed by atoms with van der Waals surface area (Å²) < 4.78 is 20.6. The molecule has 0 aliphatic carbocycles. The summed E-state index contributed by atoms with van der Waals surface area (Å²) >= 11 is 22.4. The zero-order chi connectivity index (χ0) is 41.9. The van der Waals surface area contributed by atoms with Crippen molar-refractivity contribution in [3.63, 3.8) is 0 Å². The van der Waals surface area contributed by atoms with Gasteiger partial charge in [-0.05, 0) is 45.5 Å². The van der Waals surface area contributed by atoms with Crippen molar-refractivity contribution in [2.45, 2.75) is 12.8 Å². The number of ketones is 1. The van der Waals surface area contributed by atoms with Crippen molar-refractivity contribution in [2.24, 2.45) is 5.73 Å². The second-order valence-corrected chi connectivity index (χ2v) is 18.6. The SMILES string of the molecule is Clc1ccccc1Cc1nc(-c2ccc(-c3ccccc3)cc2)cs1.NC(=S)Cc1ccccc1Cl.O=C(CBr)c1ccc(-c2ccccc2)cc1.O=[S](O)(=[Mg])OO. The maximum atomic E-state index is 11.4. The van der Waals surface area contributed by atoms with Crippen LogP contribution in [0.25, 0.3) is 33.5 Å². The summed E-state index contributed by atoms with van der Waals surface area (Å²) in [4.78, 5) is 16.7. The van der Waals surface area contributed by atoms with Gasteiger partial charge in [0.1, 0.15) is 0 Å². The first kappa shape index (κ1) is 47.0. The van der Waals surface area contributed by atoms with Crippen LogP contribution >= 0.6 is 62.7 Å². The Kier molecular flexibility index (Phi) is 19.8. The summed E-state index contributed by atoms with van der Waals surface area (Å²) in [6, 6.07) is 52.3. The normalized spacial score (nSPS) is 11.3. The van der Waals surface area contributed by atoms with Crippen LogP contribution in [0, 0.1) is 0 Å². The summed E-state index contributed by atoms with van der Waals surface area (Å²) in [5.74, 6) is 0.111. The van der Waals surface area contributed by atoms with E-state index < -0.39 is 7.32 Å². The van der Waals surface area contributed by atoms with E-state index in [1.807, 2.05) is 91.0 Å². The van der Waals surface area contributed by atoms with E-state index in [1.54, 1.807) is 11.3 Å². The minimum atomic E-state index is -3.33. The van der Waals surface area contributed by atoms with E-state index in [4.69, 9.17) is 55.9 Å². The van der Waals surface area contributed by atoms with E-state index >= 15 is 0 Å². The zero-order valence-electron chi connectivity index (χ0n) is 30.9. The van der Waals surface area contributed by atoms with Gasteiger partial charge in [-0.3, -0.25) is 4.79 Å². The number of alkyl halides is 1. The average Bonchev–Trinajstić information content (AvgIpc) is 3.72. The van der Waals surface area contributed by atoms with Crippen LogP contribution < -0.4 is 5.73 Å². The van der Waals surface area contributed by atoms with E-state index in [-0.39, 0.29) is 5.78 Å². The Hall–Kier alpha value is -3.63. The molecule has 1 aromatic heterocycles. The molecule has 294 valence electrons. The van der Waals surface area contributed by atoms with E-state index in [1.165, 1.54) is 16.7 Å². The Bertz CT molecular complexity index is 2480. The second kappa shape index (κ2) is 24.4. The first-order valence-electron chi connectivity index (χ1n) is 17.4. The third-order valence-electron chi connectivity index (χ3n) is 8.01. The van der Waals surface area contributed by atoms with Gasteiger partial charge in [0.25, 0.3) is 0 Å². The van der Waals surface area contributed by atoms with E-state index in [9.17, 15) is 9.00 Å². The number of aromatic nitrogens is 1. The van der Waals surface area contributed by atoms with Crippen molar-refractivity contribution in [2.75, 3.05) is 5.33 Å². The standard InChI is InChI=1S/C22H16ClNS.C14H11BrO.C8H8ClNS.Mg.H2O4S/c23-20-9-5-4-8-19(20)14-22-24-21(15-25-22)18-12-10-17(11-13-18)16-6-2-1-3-7-16;15-10-14(16)13-8-6-12(7-9-13)11-4-2-1-3-5-11;9-7-4-2-1-3-6(7)5-8(10)11;;1-4-5(2)3/h1-13,15H,14H2;1-9H,10H2;1-4H,5H2,(H2,10,11);;1H,(H,2,3). The quantitative estimate of drug-likeness (QED) is 0.0309. The van der Waals surface area contributed by atoms with Crippen molar-refractivity contribution in [1.82, 2.24) is 4.98 Å². The Balaban J connectivity index is 0.000000193. The van der Waals surface area contributed by atoms with Crippen molar-refractivity contribution in [1.29, 1.82) is 0 Å². The zero-order valence-corrected chi connectivity index (χ0v) is 37.9. The molecule has 6 aromatic carbocycles. The first-order chi connectivity index (χ1) is 27.9. The van der Waals surface area contributed by atoms with Gasteiger partial charge in [0, 0.05) is 39.4 Å². The fourth-order valence-electron chi connectivity index (χ4n) is 5.18. The molecule has 0 aliphatic heterocycles. The van der Waals surface area contributed by atoms with Gasteiger partial charge in [-0.1, -0.05) is 197 Å². The molecule has 0 radical (unpaired) electrons. The number of halogens is 3. The molecule has 7 aromatic rings. The van der Waals surface area contributed by atoms with Gasteiger partial charge in [-0.2, -0.15) is 0 Å². The van der Waals surface area contributed by atoms with Gasteiger partial charge in [-0.15, -0.1) is 11.3 Å². The molecule has 14 heteroatoms. The minimum absolute atomic E-state index is 0.111. The molecule has 0 saturated heterocycles. The number of thiazole rings is 1. The van der Waals surface area contributed by atoms with Crippen LogP contribution in [0.3, 0.4) is 0 Å². The Morgan fingerprint density at radius 3 is 1.59 bits per heavy atom.